The van der Waals surface area contributed by atoms with E-state index in [2.05, 4.69) is 4.98 Å². The number of amides is 1. The van der Waals surface area contributed by atoms with Crippen LogP contribution in [0, 0.1) is 6.92 Å². The van der Waals surface area contributed by atoms with Gasteiger partial charge in [-0.1, -0.05) is 48.9 Å². The van der Waals surface area contributed by atoms with E-state index >= 15 is 0 Å². The molecule has 154 valence electrons. The monoisotopic (exact) mass is 420 g/mol. The van der Waals surface area contributed by atoms with Crippen molar-refractivity contribution in [2.45, 2.75) is 33.1 Å². The topological polar surface area (TPSA) is 50.3 Å². The van der Waals surface area contributed by atoms with Gasteiger partial charge in [-0.3, -0.25) is 14.6 Å². The number of pyridine rings is 1. The molecule has 0 unspecified atom stereocenters. The van der Waals surface area contributed by atoms with Crippen molar-refractivity contribution < 1.29 is 9.59 Å². The van der Waals surface area contributed by atoms with Gasteiger partial charge in [0.15, 0.2) is 5.78 Å². The Labute approximate surface area is 182 Å². The second-order valence-electron chi connectivity index (χ2n) is 7.22. The van der Waals surface area contributed by atoms with Gasteiger partial charge in [0.25, 0.3) is 0 Å². The number of nitrogens with zero attached hydrogens (tertiary/aromatic N) is 2. The highest BCUT2D eigenvalue weighted by Crippen LogP contribution is 2.30. The van der Waals surface area contributed by atoms with Crippen molar-refractivity contribution >= 4 is 29.0 Å². The molecule has 0 aliphatic rings. The first-order valence-electron chi connectivity index (χ1n) is 10.0. The number of halogens is 1. The van der Waals surface area contributed by atoms with E-state index in [1.165, 1.54) is 0 Å². The minimum atomic E-state index is 0.0572. The number of rotatable bonds is 7. The van der Waals surface area contributed by atoms with Gasteiger partial charge < -0.3 is 4.90 Å². The molecule has 0 aliphatic carbocycles. The van der Waals surface area contributed by atoms with Gasteiger partial charge in [-0.25, -0.2) is 0 Å². The largest absolute Gasteiger partial charge is 0.316 e. The molecule has 5 heteroatoms. The van der Waals surface area contributed by atoms with E-state index in [4.69, 9.17) is 11.6 Å². The molecule has 1 aromatic heterocycles. The van der Waals surface area contributed by atoms with Crippen LogP contribution in [0.4, 0.5) is 5.69 Å². The minimum absolute atomic E-state index is 0.0572. The molecular weight excluding hydrogens is 396 g/mol. The van der Waals surface area contributed by atoms with E-state index in [-0.39, 0.29) is 11.7 Å². The summed E-state index contributed by atoms with van der Waals surface area (Å²) < 4.78 is 0. The standard InChI is InChI=1S/C25H25ClN2O2/c1-4-25(30)28(3)21-11-7-19(8-12-21)22-13-9-20(16-23(22)26)24(29)14-10-18-6-5-15-27-17(18)2/h5-9,11-13,15-16H,4,10,14H2,1-3H3. The average Bonchev–Trinajstić information content (AvgIpc) is 2.77. The third kappa shape index (κ3) is 4.95. The van der Waals surface area contributed by atoms with Crippen molar-refractivity contribution in [1.29, 1.82) is 0 Å². The molecule has 0 fully saturated rings. The number of carbonyl (C=O) groups is 2. The summed E-state index contributed by atoms with van der Waals surface area (Å²) in [6.07, 6.45) is 3.28. The number of carbonyl (C=O) groups excluding carboxylic acids is 2. The molecule has 4 nitrogen and oxygen atoms in total. The Morgan fingerprint density at radius 2 is 1.80 bits per heavy atom. The number of aromatic nitrogens is 1. The summed E-state index contributed by atoms with van der Waals surface area (Å²) in [7, 11) is 1.77. The summed E-state index contributed by atoms with van der Waals surface area (Å²) in [4.78, 5) is 30.4. The summed E-state index contributed by atoms with van der Waals surface area (Å²) in [6.45, 7) is 3.79. The van der Waals surface area contributed by atoms with Crippen molar-refractivity contribution in [3.8, 4) is 11.1 Å². The van der Waals surface area contributed by atoms with Crippen LogP contribution in [0.1, 0.15) is 41.4 Å². The third-order valence-corrected chi connectivity index (χ3v) is 5.58. The Bertz CT molecular complexity index is 1060. The number of Topliss-reactive ketones (excluding diaryl/α,β-unsaturated/α-hetero) is 1. The lowest BCUT2D eigenvalue weighted by Gasteiger charge is -2.17. The molecule has 1 amide bonds. The zero-order valence-corrected chi connectivity index (χ0v) is 18.2. The van der Waals surface area contributed by atoms with Crippen LogP contribution in [-0.4, -0.2) is 23.7 Å². The molecule has 3 rings (SSSR count). The first-order valence-corrected chi connectivity index (χ1v) is 10.4. The maximum Gasteiger partial charge on any atom is 0.226 e. The first-order chi connectivity index (χ1) is 14.4. The third-order valence-electron chi connectivity index (χ3n) is 5.27. The molecule has 0 spiro atoms. The molecule has 0 bridgehead atoms. The Balaban J connectivity index is 1.72. The van der Waals surface area contributed by atoms with Crippen molar-refractivity contribution in [1.82, 2.24) is 4.98 Å². The van der Waals surface area contributed by atoms with Gasteiger partial charge in [-0.15, -0.1) is 0 Å². The molecule has 0 saturated carbocycles. The zero-order chi connectivity index (χ0) is 21.7. The quantitative estimate of drug-likeness (QED) is 0.447. The maximum absolute atomic E-state index is 12.6. The van der Waals surface area contributed by atoms with Crippen molar-refractivity contribution in [3.63, 3.8) is 0 Å². The van der Waals surface area contributed by atoms with Crippen molar-refractivity contribution in [3.05, 3.63) is 82.6 Å². The van der Waals surface area contributed by atoms with E-state index in [1.54, 1.807) is 24.2 Å². The van der Waals surface area contributed by atoms with E-state index in [0.717, 1.165) is 28.1 Å². The second-order valence-corrected chi connectivity index (χ2v) is 7.63. The van der Waals surface area contributed by atoms with Gasteiger partial charge in [0.1, 0.15) is 0 Å². The van der Waals surface area contributed by atoms with E-state index in [1.807, 2.05) is 62.4 Å². The predicted molar refractivity (Wildman–Crippen MR) is 122 cm³/mol. The second kappa shape index (κ2) is 9.68. The number of hydrogen-bond acceptors (Lipinski definition) is 3. The van der Waals surface area contributed by atoms with Crippen LogP contribution in [0.5, 0.6) is 0 Å². The molecule has 0 saturated heterocycles. The number of benzene rings is 2. The molecule has 0 atom stereocenters. The highest BCUT2D eigenvalue weighted by molar-refractivity contribution is 6.33. The smallest absolute Gasteiger partial charge is 0.226 e. The molecular formula is C25H25ClN2O2. The Morgan fingerprint density at radius 1 is 1.07 bits per heavy atom. The van der Waals surface area contributed by atoms with Crippen LogP contribution < -0.4 is 4.90 Å². The first kappa shape index (κ1) is 21.7. The highest BCUT2D eigenvalue weighted by atomic mass is 35.5. The van der Waals surface area contributed by atoms with E-state index < -0.39 is 0 Å². The summed E-state index contributed by atoms with van der Waals surface area (Å²) in [5, 5.41) is 0.532. The molecule has 1 heterocycles. The lowest BCUT2D eigenvalue weighted by Crippen LogP contribution is -2.24. The van der Waals surface area contributed by atoms with E-state index in [0.29, 0.717) is 29.8 Å². The lowest BCUT2D eigenvalue weighted by molar-refractivity contribution is -0.118. The van der Waals surface area contributed by atoms with E-state index in [9.17, 15) is 9.59 Å². The fourth-order valence-corrected chi connectivity index (χ4v) is 3.63. The average molecular weight is 421 g/mol. The number of anilines is 1. The molecule has 2 aromatic carbocycles. The molecule has 3 aromatic rings. The van der Waals surface area contributed by atoms with Crippen LogP contribution in [0.2, 0.25) is 5.02 Å². The summed E-state index contributed by atoms with van der Waals surface area (Å²) >= 11 is 6.50. The lowest BCUT2D eigenvalue weighted by atomic mass is 9.99. The molecule has 0 N–H and O–H groups in total. The van der Waals surface area contributed by atoms with Crippen LogP contribution >= 0.6 is 11.6 Å². The summed E-state index contributed by atoms with van der Waals surface area (Å²) in [5.41, 5.74) is 5.27. The van der Waals surface area contributed by atoms with Gasteiger partial charge in [0.2, 0.25) is 5.91 Å². The van der Waals surface area contributed by atoms with Crippen molar-refractivity contribution in [2.75, 3.05) is 11.9 Å². The Kier molecular flexibility index (Phi) is 7.01. The van der Waals surface area contributed by atoms with Gasteiger partial charge in [0, 0.05) is 53.6 Å². The van der Waals surface area contributed by atoms with Crippen LogP contribution in [0.15, 0.2) is 60.8 Å². The van der Waals surface area contributed by atoms with Crippen LogP contribution in [-0.2, 0) is 11.2 Å². The number of ketones is 1. The fraction of sp³-hybridized carbons (Fsp3) is 0.240. The maximum atomic E-state index is 12.6. The highest BCUT2D eigenvalue weighted by Gasteiger charge is 2.13. The Morgan fingerprint density at radius 3 is 2.43 bits per heavy atom. The normalized spacial score (nSPS) is 10.7. The Hall–Kier alpha value is -2.98. The SMILES string of the molecule is CCC(=O)N(C)c1ccc(-c2ccc(C(=O)CCc3cccnc3C)cc2Cl)cc1. The van der Waals surface area contributed by atoms with Gasteiger partial charge >= 0.3 is 0 Å². The minimum Gasteiger partial charge on any atom is -0.316 e. The fourth-order valence-electron chi connectivity index (χ4n) is 3.34. The predicted octanol–water partition coefficient (Wildman–Crippen LogP) is 5.90. The molecule has 0 radical (unpaired) electrons. The number of aryl methyl sites for hydroxylation is 2. The van der Waals surface area contributed by atoms with Crippen LogP contribution in [0.25, 0.3) is 11.1 Å². The molecule has 30 heavy (non-hydrogen) atoms. The van der Waals surface area contributed by atoms with Crippen molar-refractivity contribution in [2.24, 2.45) is 0 Å². The van der Waals surface area contributed by atoms with Gasteiger partial charge in [0.05, 0.1) is 0 Å². The summed E-state index contributed by atoms with van der Waals surface area (Å²) in [6, 6.07) is 17.0. The zero-order valence-electron chi connectivity index (χ0n) is 17.5. The van der Waals surface area contributed by atoms with Gasteiger partial charge in [-0.05, 0) is 48.7 Å². The number of hydrogen-bond donors (Lipinski definition) is 0. The van der Waals surface area contributed by atoms with Crippen LogP contribution in [0.3, 0.4) is 0 Å². The summed E-state index contributed by atoms with van der Waals surface area (Å²) in [5.74, 6) is 0.117. The van der Waals surface area contributed by atoms with Gasteiger partial charge in [-0.2, -0.15) is 0 Å². The molecule has 0 aliphatic heterocycles.